The van der Waals surface area contributed by atoms with E-state index in [-0.39, 0.29) is 22.8 Å². The molecule has 3 aromatic rings. The van der Waals surface area contributed by atoms with E-state index in [1.807, 2.05) is 0 Å². The smallest absolute Gasteiger partial charge is 0.197 e. The van der Waals surface area contributed by atoms with Crippen LogP contribution in [0.25, 0.3) is 10.8 Å². The lowest BCUT2D eigenvalue weighted by atomic mass is 9.93. The van der Waals surface area contributed by atoms with Gasteiger partial charge in [0.15, 0.2) is 5.78 Å². The molecule has 0 aliphatic carbocycles. The van der Waals surface area contributed by atoms with Gasteiger partial charge in [0.1, 0.15) is 17.2 Å². The zero-order valence-corrected chi connectivity index (χ0v) is 12.8. The summed E-state index contributed by atoms with van der Waals surface area (Å²) < 4.78 is 5.08. The maximum atomic E-state index is 12.8. The molecule has 0 heterocycles. The molecule has 4 nitrogen and oxygen atoms in total. The molecule has 0 radical (unpaired) electrons. The molecule has 0 fully saturated rings. The van der Waals surface area contributed by atoms with Crippen LogP contribution in [0.5, 0.6) is 17.2 Å². The van der Waals surface area contributed by atoms with E-state index in [0.717, 1.165) is 0 Å². The summed E-state index contributed by atoms with van der Waals surface area (Å²) in [4.78, 5) is 12.8. The van der Waals surface area contributed by atoms with Crippen molar-refractivity contribution in [2.45, 2.75) is 6.92 Å². The molecule has 0 amide bonds. The van der Waals surface area contributed by atoms with Crippen molar-refractivity contribution in [2.24, 2.45) is 0 Å². The predicted molar refractivity (Wildman–Crippen MR) is 88.4 cm³/mol. The van der Waals surface area contributed by atoms with Gasteiger partial charge in [-0.25, -0.2) is 0 Å². The van der Waals surface area contributed by atoms with Gasteiger partial charge in [-0.15, -0.1) is 0 Å². The highest BCUT2D eigenvalue weighted by atomic mass is 16.5. The average molecular weight is 308 g/mol. The average Bonchev–Trinajstić information content (AvgIpc) is 2.60. The number of carbonyl (C=O) groups is 1. The zero-order chi connectivity index (χ0) is 16.6. The third-order valence-corrected chi connectivity index (χ3v) is 3.98. The molecule has 2 N–H and O–H groups in total. The zero-order valence-electron chi connectivity index (χ0n) is 12.8. The number of methoxy groups -OCH3 is 1. The third-order valence-electron chi connectivity index (χ3n) is 3.98. The van der Waals surface area contributed by atoms with Gasteiger partial charge in [0.25, 0.3) is 0 Å². The summed E-state index contributed by atoms with van der Waals surface area (Å²) in [5.74, 6) is 0.194. The van der Waals surface area contributed by atoms with Gasteiger partial charge in [-0.3, -0.25) is 4.79 Å². The molecule has 0 saturated carbocycles. The van der Waals surface area contributed by atoms with Gasteiger partial charge in [-0.2, -0.15) is 0 Å². The topological polar surface area (TPSA) is 66.8 Å². The summed E-state index contributed by atoms with van der Waals surface area (Å²) in [6.07, 6.45) is 0. The Morgan fingerprint density at radius 2 is 1.48 bits per heavy atom. The van der Waals surface area contributed by atoms with E-state index >= 15 is 0 Å². The van der Waals surface area contributed by atoms with Crippen molar-refractivity contribution >= 4 is 16.6 Å². The molecule has 0 aliphatic heterocycles. The fourth-order valence-corrected chi connectivity index (χ4v) is 2.69. The number of phenols is 2. The van der Waals surface area contributed by atoms with Gasteiger partial charge < -0.3 is 14.9 Å². The van der Waals surface area contributed by atoms with Crippen molar-refractivity contribution in [3.63, 3.8) is 0 Å². The molecule has 0 aliphatic rings. The number of hydrogen-bond donors (Lipinski definition) is 2. The molecule has 0 spiro atoms. The number of fused-ring (bicyclic) bond motifs is 1. The van der Waals surface area contributed by atoms with Crippen LogP contribution in [-0.2, 0) is 0 Å². The lowest BCUT2D eigenvalue weighted by Gasteiger charge is -2.13. The lowest BCUT2D eigenvalue weighted by molar-refractivity contribution is 0.103. The van der Waals surface area contributed by atoms with E-state index < -0.39 is 0 Å². The Morgan fingerprint density at radius 1 is 0.913 bits per heavy atom. The number of aromatic hydroxyl groups is 2. The second-order valence-electron chi connectivity index (χ2n) is 5.30. The first-order valence-corrected chi connectivity index (χ1v) is 7.16. The predicted octanol–water partition coefficient (Wildman–Crippen LogP) is 3.80. The Bertz CT molecular complexity index is 895. The third kappa shape index (κ3) is 2.38. The standard InChI is InChI=1S/C19H16O4/c1-11-16(18(21)12-7-9-13(23-2)10-8-12)19(22)15-6-4-3-5-14(15)17(11)20/h3-10,20,22H,1-2H3. The minimum absolute atomic E-state index is 0.00950. The van der Waals surface area contributed by atoms with Crippen molar-refractivity contribution in [1.82, 2.24) is 0 Å². The summed E-state index contributed by atoms with van der Waals surface area (Å²) in [5.41, 5.74) is 0.896. The quantitative estimate of drug-likeness (QED) is 0.570. The summed E-state index contributed by atoms with van der Waals surface area (Å²) in [7, 11) is 1.55. The van der Waals surface area contributed by atoms with Crippen molar-refractivity contribution < 1.29 is 19.7 Å². The Balaban J connectivity index is 2.20. The first kappa shape index (κ1) is 14.9. The van der Waals surface area contributed by atoms with Crippen LogP contribution < -0.4 is 4.74 Å². The van der Waals surface area contributed by atoms with Crippen LogP contribution in [0.1, 0.15) is 21.5 Å². The van der Waals surface area contributed by atoms with Gasteiger partial charge in [0.05, 0.1) is 12.7 Å². The SMILES string of the molecule is COc1ccc(C(=O)c2c(C)c(O)c3ccccc3c2O)cc1. The second kappa shape index (κ2) is 5.65. The van der Waals surface area contributed by atoms with Crippen LogP contribution in [0, 0.1) is 6.92 Å². The Kier molecular flexibility index (Phi) is 3.66. The molecular weight excluding hydrogens is 292 g/mol. The molecule has 0 bridgehead atoms. The molecule has 0 unspecified atom stereocenters. The van der Waals surface area contributed by atoms with E-state index in [1.165, 1.54) is 0 Å². The van der Waals surface area contributed by atoms with E-state index in [2.05, 4.69) is 0 Å². The largest absolute Gasteiger partial charge is 0.507 e. The first-order valence-electron chi connectivity index (χ1n) is 7.16. The molecule has 0 saturated heterocycles. The fourth-order valence-electron chi connectivity index (χ4n) is 2.69. The summed E-state index contributed by atoms with van der Waals surface area (Å²) >= 11 is 0. The molecule has 0 aromatic heterocycles. The van der Waals surface area contributed by atoms with Crippen LogP contribution in [-0.4, -0.2) is 23.1 Å². The van der Waals surface area contributed by atoms with E-state index in [0.29, 0.717) is 27.6 Å². The number of carbonyl (C=O) groups excluding carboxylic acids is 1. The minimum Gasteiger partial charge on any atom is -0.507 e. The van der Waals surface area contributed by atoms with Crippen LogP contribution >= 0.6 is 0 Å². The summed E-state index contributed by atoms with van der Waals surface area (Å²) in [6, 6.07) is 13.5. The Hall–Kier alpha value is -3.01. The molecule has 4 heteroatoms. The normalized spacial score (nSPS) is 10.7. The Labute approximate surface area is 133 Å². The molecule has 23 heavy (non-hydrogen) atoms. The van der Waals surface area contributed by atoms with Crippen LogP contribution in [0.3, 0.4) is 0 Å². The first-order chi connectivity index (χ1) is 11.0. The number of hydrogen-bond acceptors (Lipinski definition) is 4. The monoisotopic (exact) mass is 308 g/mol. The molecule has 0 atom stereocenters. The molecule has 116 valence electrons. The number of benzene rings is 3. The number of phenolic OH excluding ortho intramolecular Hbond substituents is 2. The van der Waals surface area contributed by atoms with Crippen LogP contribution in [0.4, 0.5) is 0 Å². The van der Waals surface area contributed by atoms with E-state index in [1.54, 1.807) is 62.6 Å². The van der Waals surface area contributed by atoms with Gasteiger partial charge in [-0.1, -0.05) is 24.3 Å². The van der Waals surface area contributed by atoms with Crippen LogP contribution in [0.2, 0.25) is 0 Å². The fraction of sp³-hybridized carbons (Fsp3) is 0.105. The van der Waals surface area contributed by atoms with E-state index in [4.69, 9.17) is 4.74 Å². The van der Waals surface area contributed by atoms with Crippen LogP contribution in [0.15, 0.2) is 48.5 Å². The highest BCUT2D eigenvalue weighted by molar-refractivity contribution is 6.15. The number of ketones is 1. The van der Waals surface area contributed by atoms with Gasteiger partial charge in [0, 0.05) is 21.9 Å². The maximum Gasteiger partial charge on any atom is 0.197 e. The second-order valence-corrected chi connectivity index (χ2v) is 5.30. The van der Waals surface area contributed by atoms with Gasteiger partial charge >= 0.3 is 0 Å². The summed E-state index contributed by atoms with van der Waals surface area (Å²) in [6.45, 7) is 1.62. The summed E-state index contributed by atoms with van der Waals surface area (Å²) in [5, 5.41) is 21.9. The van der Waals surface area contributed by atoms with Crippen molar-refractivity contribution in [3.8, 4) is 17.2 Å². The molecule has 3 rings (SSSR count). The maximum absolute atomic E-state index is 12.8. The van der Waals surface area contributed by atoms with Crippen molar-refractivity contribution in [3.05, 3.63) is 65.2 Å². The number of rotatable bonds is 3. The van der Waals surface area contributed by atoms with Gasteiger partial charge in [0.2, 0.25) is 0 Å². The van der Waals surface area contributed by atoms with E-state index in [9.17, 15) is 15.0 Å². The minimum atomic E-state index is -0.344. The van der Waals surface area contributed by atoms with Crippen molar-refractivity contribution in [2.75, 3.05) is 7.11 Å². The lowest BCUT2D eigenvalue weighted by Crippen LogP contribution is -2.05. The number of ether oxygens (including phenoxy) is 1. The van der Waals surface area contributed by atoms with Gasteiger partial charge in [-0.05, 0) is 31.2 Å². The Morgan fingerprint density at radius 3 is 2.04 bits per heavy atom. The highest BCUT2D eigenvalue weighted by Crippen LogP contribution is 2.40. The molecule has 3 aromatic carbocycles. The van der Waals surface area contributed by atoms with Crippen molar-refractivity contribution in [1.29, 1.82) is 0 Å². The molecular formula is C19H16O4. The highest BCUT2D eigenvalue weighted by Gasteiger charge is 2.22.